The highest BCUT2D eigenvalue weighted by Gasteiger charge is 2.15. The van der Waals surface area contributed by atoms with Crippen molar-refractivity contribution in [3.8, 4) is 23.1 Å². The average molecular weight is 385 g/mol. The number of aromatic nitrogens is 3. The number of nitrogens with zero attached hydrogens (tertiary/aromatic N) is 3. The largest absolute Gasteiger partial charge is 0.460 e. The molecule has 0 atom stereocenters. The van der Waals surface area contributed by atoms with Gasteiger partial charge in [-0.15, -0.1) is 16.7 Å². The van der Waals surface area contributed by atoms with Crippen LogP contribution in [0.25, 0.3) is 17.1 Å². The first-order chi connectivity index (χ1) is 13.0. The summed E-state index contributed by atoms with van der Waals surface area (Å²) in [5, 5.41) is 7.21. The summed E-state index contributed by atoms with van der Waals surface area (Å²) in [7, 11) is 0. The lowest BCUT2D eigenvalue weighted by Crippen LogP contribution is -2.12. The molecule has 1 heterocycles. The molecule has 0 fully saturated rings. The van der Waals surface area contributed by atoms with Crippen LogP contribution in [0.15, 0.2) is 48.5 Å². The maximum atomic E-state index is 11.4. The highest BCUT2D eigenvalue weighted by molar-refractivity contribution is 6.29. The van der Waals surface area contributed by atoms with Gasteiger partial charge in [0, 0.05) is 11.3 Å². The van der Waals surface area contributed by atoms with E-state index in [2.05, 4.69) is 15.4 Å². The molecule has 0 aliphatic heterocycles. The second-order valence-corrected chi connectivity index (χ2v) is 6.66. The summed E-state index contributed by atoms with van der Waals surface area (Å²) >= 11 is 5.52. The van der Waals surface area contributed by atoms with Crippen LogP contribution in [-0.2, 0) is 4.79 Å². The molecular weight excluding hydrogens is 364 g/mol. The van der Waals surface area contributed by atoms with Crippen LogP contribution in [-0.4, -0.2) is 32.7 Å². The molecule has 0 bridgehead atoms. The minimum atomic E-state index is -0.252. The van der Waals surface area contributed by atoms with Crippen LogP contribution < -0.4 is 10.1 Å². The smallest absolute Gasteiger partial charge is 0.336 e. The molecule has 6 nitrogen and oxygen atoms in total. The number of alkyl halides is 1. The minimum absolute atomic E-state index is 0.0279. The molecule has 3 rings (SSSR count). The topological polar surface area (TPSA) is 69.0 Å². The van der Waals surface area contributed by atoms with Crippen molar-refractivity contribution in [1.29, 1.82) is 0 Å². The number of hydrogen-bond donors (Lipinski definition) is 1. The van der Waals surface area contributed by atoms with E-state index in [4.69, 9.17) is 16.3 Å². The van der Waals surface area contributed by atoms with Gasteiger partial charge in [-0.2, -0.15) is 4.98 Å². The molecule has 7 heteroatoms. The first-order valence-corrected chi connectivity index (χ1v) is 9.16. The van der Waals surface area contributed by atoms with E-state index in [-0.39, 0.29) is 17.9 Å². The third-order valence-corrected chi connectivity index (χ3v) is 4.00. The first kappa shape index (κ1) is 18.9. The fourth-order valence-electron chi connectivity index (χ4n) is 2.50. The van der Waals surface area contributed by atoms with Crippen molar-refractivity contribution in [3.63, 3.8) is 0 Å². The van der Waals surface area contributed by atoms with E-state index in [0.29, 0.717) is 17.5 Å². The number of halogens is 1. The maximum absolute atomic E-state index is 11.4. The SMILES string of the molecule is Cc1ccc(-c2nc(OC(C)C)nn2-c2ccc(NC(=O)CCl)cc2)cc1. The molecule has 27 heavy (non-hydrogen) atoms. The number of carbonyl (C=O) groups excluding carboxylic acids is 1. The molecule has 0 aliphatic carbocycles. The normalized spacial score (nSPS) is 10.9. The molecule has 0 saturated heterocycles. The Morgan fingerprint density at radius 3 is 2.41 bits per heavy atom. The number of anilines is 1. The lowest BCUT2D eigenvalue weighted by molar-refractivity contribution is -0.113. The molecule has 0 aliphatic rings. The number of ether oxygens (including phenoxy) is 1. The van der Waals surface area contributed by atoms with Gasteiger partial charge in [-0.05, 0) is 45.0 Å². The van der Waals surface area contributed by atoms with Crippen molar-refractivity contribution in [1.82, 2.24) is 14.8 Å². The Balaban J connectivity index is 1.98. The van der Waals surface area contributed by atoms with Crippen LogP contribution >= 0.6 is 11.6 Å². The van der Waals surface area contributed by atoms with Crippen LogP contribution in [0.4, 0.5) is 5.69 Å². The van der Waals surface area contributed by atoms with Crippen LogP contribution in [0.2, 0.25) is 0 Å². The summed E-state index contributed by atoms with van der Waals surface area (Å²) < 4.78 is 7.41. The van der Waals surface area contributed by atoms with Crippen LogP contribution in [0.3, 0.4) is 0 Å². The monoisotopic (exact) mass is 384 g/mol. The Kier molecular flexibility index (Phi) is 5.76. The fourth-order valence-corrected chi connectivity index (χ4v) is 2.57. The van der Waals surface area contributed by atoms with E-state index in [9.17, 15) is 4.79 Å². The highest BCUT2D eigenvalue weighted by atomic mass is 35.5. The average Bonchev–Trinajstić information content (AvgIpc) is 3.05. The Morgan fingerprint density at radius 2 is 1.81 bits per heavy atom. The lowest BCUT2D eigenvalue weighted by Gasteiger charge is -2.08. The second-order valence-electron chi connectivity index (χ2n) is 6.39. The Bertz CT molecular complexity index is 918. The summed E-state index contributed by atoms with van der Waals surface area (Å²) in [6.45, 7) is 5.90. The van der Waals surface area contributed by atoms with Gasteiger partial charge in [0.15, 0.2) is 5.82 Å². The number of rotatable bonds is 6. The number of aryl methyl sites for hydroxylation is 1. The van der Waals surface area contributed by atoms with Gasteiger partial charge in [-0.1, -0.05) is 29.8 Å². The Labute approximate surface area is 163 Å². The van der Waals surface area contributed by atoms with Crippen molar-refractivity contribution in [2.45, 2.75) is 26.9 Å². The number of carbonyl (C=O) groups is 1. The van der Waals surface area contributed by atoms with Gasteiger partial charge in [0.1, 0.15) is 5.88 Å². The second kappa shape index (κ2) is 8.22. The van der Waals surface area contributed by atoms with E-state index in [1.165, 1.54) is 5.56 Å². The minimum Gasteiger partial charge on any atom is -0.460 e. The predicted octanol–water partition coefficient (Wildman–Crippen LogP) is 4.21. The van der Waals surface area contributed by atoms with Gasteiger partial charge in [-0.3, -0.25) is 4.79 Å². The van der Waals surface area contributed by atoms with Crippen molar-refractivity contribution >= 4 is 23.2 Å². The van der Waals surface area contributed by atoms with Crippen molar-refractivity contribution in [3.05, 3.63) is 54.1 Å². The van der Waals surface area contributed by atoms with Gasteiger partial charge in [0.25, 0.3) is 0 Å². The molecule has 0 unspecified atom stereocenters. The number of nitrogens with one attached hydrogen (secondary N) is 1. The fraction of sp³-hybridized carbons (Fsp3) is 0.250. The van der Waals surface area contributed by atoms with Crippen molar-refractivity contribution < 1.29 is 9.53 Å². The molecular formula is C20H21ClN4O2. The quantitative estimate of drug-likeness (QED) is 0.646. The highest BCUT2D eigenvalue weighted by Crippen LogP contribution is 2.25. The number of hydrogen-bond acceptors (Lipinski definition) is 4. The van der Waals surface area contributed by atoms with E-state index >= 15 is 0 Å². The Hall–Kier alpha value is -2.86. The molecule has 1 aromatic heterocycles. The predicted molar refractivity (Wildman–Crippen MR) is 107 cm³/mol. The van der Waals surface area contributed by atoms with Crippen molar-refractivity contribution in [2.24, 2.45) is 0 Å². The standard InChI is InChI=1S/C20H21ClN4O2/c1-13(2)27-20-23-19(15-6-4-14(3)5-7-15)25(24-20)17-10-8-16(9-11-17)22-18(26)12-21/h4-11,13H,12H2,1-3H3,(H,22,26). The number of benzene rings is 2. The van der Waals surface area contributed by atoms with Gasteiger partial charge >= 0.3 is 6.01 Å². The first-order valence-electron chi connectivity index (χ1n) is 8.63. The van der Waals surface area contributed by atoms with Crippen LogP contribution in [0.5, 0.6) is 6.01 Å². The van der Waals surface area contributed by atoms with Crippen molar-refractivity contribution in [2.75, 3.05) is 11.2 Å². The third-order valence-electron chi connectivity index (χ3n) is 3.76. The van der Waals surface area contributed by atoms with Gasteiger partial charge in [0.05, 0.1) is 11.8 Å². The summed E-state index contributed by atoms with van der Waals surface area (Å²) in [5.41, 5.74) is 3.58. The zero-order valence-electron chi connectivity index (χ0n) is 15.4. The molecule has 0 saturated carbocycles. The molecule has 2 aromatic carbocycles. The van der Waals surface area contributed by atoms with Crippen LogP contribution in [0, 0.1) is 6.92 Å². The molecule has 1 N–H and O–H groups in total. The molecule has 1 amide bonds. The molecule has 140 valence electrons. The summed E-state index contributed by atoms with van der Waals surface area (Å²) in [6.07, 6.45) is -0.0279. The third kappa shape index (κ3) is 4.65. The summed E-state index contributed by atoms with van der Waals surface area (Å²) in [5.74, 6) is 0.347. The van der Waals surface area contributed by atoms with Crippen LogP contribution in [0.1, 0.15) is 19.4 Å². The zero-order chi connectivity index (χ0) is 19.4. The number of amides is 1. The lowest BCUT2D eigenvalue weighted by atomic mass is 10.1. The van der Waals surface area contributed by atoms with E-state index in [0.717, 1.165) is 11.3 Å². The van der Waals surface area contributed by atoms with Gasteiger partial charge in [0.2, 0.25) is 5.91 Å². The summed E-state index contributed by atoms with van der Waals surface area (Å²) in [4.78, 5) is 16.0. The maximum Gasteiger partial charge on any atom is 0.336 e. The van der Waals surface area contributed by atoms with Gasteiger partial charge in [-0.25, -0.2) is 4.68 Å². The molecule has 3 aromatic rings. The van der Waals surface area contributed by atoms with E-state index in [1.54, 1.807) is 16.8 Å². The zero-order valence-corrected chi connectivity index (χ0v) is 16.2. The molecule has 0 radical (unpaired) electrons. The summed E-state index contributed by atoms with van der Waals surface area (Å²) in [6, 6.07) is 15.7. The van der Waals surface area contributed by atoms with E-state index in [1.807, 2.05) is 57.2 Å². The Morgan fingerprint density at radius 1 is 1.15 bits per heavy atom. The van der Waals surface area contributed by atoms with E-state index < -0.39 is 0 Å². The van der Waals surface area contributed by atoms with Gasteiger partial charge < -0.3 is 10.1 Å². The molecule has 0 spiro atoms.